The third kappa shape index (κ3) is 4.34. The maximum atomic E-state index is 12.1. The molecule has 0 unspecified atom stereocenters. The van der Waals surface area contributed by atoms with E-state index in [0.717, 1.165) is 11.1 Å². The number of nitrogen functional groups attached to an aromatic ring is 1. The number of esters is 1. The Morgan fingerprint density at radius 2 is 1.76 bits per heavy atom. The second-order valence-electron chi connectivity index (χ2n) is 5.25. The number of carbonyl (C=O) groups excluding carboxylic acids is 2. The van der Waals surface area contributed by atoms with Crippen molar-refractivity contribution >= 4 is 58.1 Å². The Labute approximate surface area is 159 Å². The van der Waals surface area contributed by atoms with Crippen molar-refractivity contribution in [1.29, 1.82) is 0 Å². The van der Waals surface area contributed by atoms with Gasteiger partial charge in [0, 0.05) is 5.69 Å². The molecule has 9 heteroatoms. The summed E-state index contributed by atoms with van der Waals surface area (Å²) in [7, 11) is 0. The average Bonchev–Trinajstić information content (AvgIpc) is 2.57. The highest BCUT2D eigenvalue weighted by molar-refractivity contribution is 6.45. The van der Waals surface area contributed by atoms with E-state index >= 15 is 0 Å². The molecule has 1 aromatic carbocycles. The van der Waals surface area contributed by atoms with Gasteiger partial charge in [-0.3, -0.25) is 4.79 Å². The topological polar surface area (TPSA) is 95.6 Å². The van der Waals surface area contributed by atoms with Crippen LogP contribution in [0.3, 0.4) is 0 Å². The van der Waals surface area contributed by atoms with Crippen molar-refractivity contribution in [1.82, 2.24) is 0 Å². The Kier molecular flexibility index (Phi) is 6.11. The number of nitrogens with one attached hydrogen (secondary N) is 2. The first-order chi connectivity index (χ1) is 11.7. The van der Waals surface area contributed by atoms with Gasteiger partial charge >= 0.3 is 11.7 Å². The molecule has 0 bridgehead atoms. The molecule has 2 aromatic rings. The van der Waals surface area contributed by atoms with Crippen LogP contribution >= 0.6 is 34.8 Å². The first kappa shape index (κ1) is 19.3. The summed E-state index contributed by atoms with van der Waals surface area (Å²) >= 11 is 17.6. The summed E-state index contributed by atoms with van der Waals surface area (Å²) in [6.45, 7) is 3.22. The molecular formula is C16H15Cl3N3O3+. The van der Waals surface area contributed by atoms with Gasteiger partial charge in [0.15, 0.2) is 6.61 Å². The standard InChI is InChI=1S/C16H14Cl3N3O3/c1-7-4-3-5-8(2)13(7)21-9(23)6-25-16(24)14-10(17)12(20)11(18)15(19)22-14/h3-5H,6H2,1-2H3,(H2,20,22)(H,21,23)/p+1. The first-order valence-corrected chi connectivity index (χ1v) is 8.24. The van der Waals surface area contributed by atoms with E-state index in [1.165, 1.54) is 0 Å². The third-order valence-electron chi connectivity index (χ3n) is 3.40. The number of anilines is 2. The molecule has 0 aliphatic heterocycles. The number of nitrogens with two attached hydrogens (primary N) is 1. The van der Waals surface area contributed by atoms with Gasteiger partial charge < -0.3 is 15.8 Å². The molecule has 0 aliphatic carbocycles. The number of carbonyl (C=O) groups is 2. The molecule has 0 saturated heterocycles. The van der Waals surface area contributed by atoms with Gasteiger partial charge in [-0.15, -0.1) is 0 Å². The molecule has 6 nitrogen and oxygen atoms in total. The van der Waals surface area contributed by atoms with Crippen LogP contribution in [-0.4, -0.2) is 18.5 Å². The van der Waals surface area contributed by atoms with Gasteiger partial charge in [0.25, 0.3) is 11.1 Å². The molecule has 132 valence electrons. The maximum absolute atomic E-state index is 12.1. The molecule has 4 N–H and O–H groups in total. The second kappa shape index (κ2) is 7.91. The number of aromatic nitrogens is 1. The lowest BCUT2D eigenvalue weighted by molar-refractivity contribution is -0.380. The fourth-order valence-electron chi connectivity index (χ4n) is 2.10. The van der Waals surface area contributed by atoms with E-state index in [1.807, 2.05) is 32.0 Å². The number of amides is 1. The van der Waals surface area contributed by atoms with Crippen LogP contribution in [0, 0.1) is 13.8 Å². The summed E-state index contributed by atoms with van der Waals surface area (Å²) in [5.41, 5.74) is 7.88. The molecule has 1 heterocycles. The SMILES string of the molecule is Cc1cccc(C)c1NC(=O)COC(=O)c1[nH+]c(Cl)c(Cl)c(N)c1Cl. The molecular weight excluding hydrogens is 389 g/mol. The number of aryl methyl sites for hydroxylation is 2. The Morgan fingerprint density at radius 1 is 1.16 bits per heavy atom. The number of H-pyrrole nitrogens is 1. The minimum absolute atomic E-state index is 0.00372. The minimum atomic E-state index is -0.882. The summed E-state index contributed by atoms with van der Waals surface area (Å²) in [6, 6.07) is 5.61. The Balaban J connectivity index is 2.07. The van der Waals surface area contributed by atoms with E-state index in [9.17, 15) is 9.59 Å². The second-order valence-corrected chi connectivity index (χ2v) is 6.38. The fraction of sp³-hybridized carbons (Fsp3) is 0.188. The van der Waals surface area contributed by atoms with Crippen LogP contribution in [-0.2, 0) is 9.53 Å². The van der Waals surface area contributed by atoms with E-state index in [-0.39, 0.29) is 26.6 Å². The normalized spacial score (nSPS) is 10.4. The van der Waals surface area contributed by atoms with Crippen molar-refractivity contribution in [3.05, 3.63) is 50.2 Å². The highest BCUT2D eigenvalue weighted by Gasteiger charge is 2.27. The first-order valence-electron chi connectivity index (χ1n) is 7.10. The lowest BCUT2D eigenvalue weighted by atomic mass is 10.1. The Morgan fingerprint density at radius 3 is 2.36 bits per heavy atom. The van der Waals surface area contributed by atoms with Gasteiger partial charge in [0.05, 0.1) is 5.69 Å². The number of pyridine rings is 1. The van der Waals surface area contributed by atoms with Gasteiger partial charge in [0.1, 0.15) is 10.0 Å². The lowest BCUT2D eigenvalue weighted by Gasteiger charge is -2.11. The van der Waals surface area contributed by atoms with E-state index in [1.54, 1.807) is 0 Å². The van der Waals surface area contributed by atoms with Gasteiger partial charge in [-0.1, -0.05) is 41.4 Å². The number of hydrogen-bond acceptors (Lipinski definition) is 4. The molecule has 1 amide bonds. The molecule has 2 rings (SSSR count). The Bertz CT molecular complexity index is 836. The number of benzene rings is 1. The molecule has 0 radical (unpaired) electrons. The zero-order chi connectivity index (χ0) is 18.7. The number of para-hydroxylation sites is 1. The summed E-state index contributed by atoms with van der Waals surface area (Å²) < 4.78 is 4.95. The van der Waals surface area contributed by atoms with Crippen molar-refractivity contribution < 1.29 is 19.3 Å². The van der Waals surface area contributed by atoms with Crippen molar-refractivity contribution in [2.75, 3.05) is 17.7 Å². The number of rotatable bonds is 4. The predicted molar refractivity (Wildman–Crippen MR) is 97.3 cm³/mol. The minimum Gasteiger partial charge on any atom is -0.448 e. The van der Waals surface area contributed by atoms with E-state index < -0.39 is 18.5 Å². The quantitative estimate of drug-likeness (QED) is 0.603. The molecule has 0 atom stereocenters. The largest absolute Gasteiger partial charge is 0.448 e. The van der Waals surface area contributed by atoms with Gasteiger partial charge in [-0.2, -0.15) is 4.98 Å². The summed E-state index contributed by atoms with van der Waals surface area (Å²) in [4.78, 5) is 26.6. The Hall–Kier alpha value is -2.02. The molecule has 0 saturated carbocycles. The number of halogens is 3. The van der Waals surface area contributed by atoms with E-state index in [0.29, 0.717) is 5.69 Å². The van der Waals surface area contributed by atoms with Gasteiger partial charge in [0.2, 0.25) is 0 Å². The summed E-state index contributed by atoms with van der Waals surface area (Å²) in [6.07, 6.45) is 0. The van der Waals surface area contributed by atoms with Gasteiger partial charge in [-0.25, -0.2) is 4.79 Å². The predicted octanol–water partition coefficient (Wildman–Crippen LogP) is 3.46. The van der Waals surface area contributed by atoms with Crippen molar-refractivity contribution in [3.63, 3.8) is 0 Å². The molecule has 25 heavy (non-hydrogen) atoms. The van der Waals surface area contributed by atoms with Crippen LogP contribution in [0.2, 0.25) is 15.2 Å². The van der Waals surface area contributed by atoms with Crippen molar-refractivity contribution in [2.24, 2.45) is 0 Å². The fourth-order valence-corrected chi connectivity index (χ4v) is 2.71. The molecule has 0 spiro atoms. The monoisotopic (exact) mass is 402 g/mol. The lowest BCUT2D eigenvalue weighted by Crippen LogP contribution is -2.26. The van der Waals surface area contributed by atoms with Crippen molar-refractivity contribution in [2.45, 2.75) is 13.8 Å². The van der Waals surface area contributed by atoms with Crippen LogP contribution < -0.4 is 16.0 Å². The van der Waals surface area contributed by atoms with E-state index in [4.69, 9.17) is 45.3 Å². The summed E-state index contributed by atoms with van der Waals surface area (Å²) in [5, 5.41) is 2.51. The zero-order valence-electron chi connectivity index (χ0n) is 13.4. The highest BCUT2D eigenvalue weighted by Crippen LogP contribution is 2.32. The molecule has 0 aliphatic rings. The molecule has 1 aromatic heterocycles. The number of ether oxygens (including phenoxy) is 1. The number of hydrogen-bond donors (Lipinski definition) is 2. The van der Waals surface area contributed by atoms with E-state index in [2.05, 4.69) is 10.3 Å². The summed E-state index contributed by atoms with van der Waals surface area (Å²) in [5.74, 6) is -1.37. The van der Waals surface area contributed by atoms with Crippen molar-refractivity contribution in [3.8, 4) is 0 Å². The van der Waals surface area contributed by atoms with Gasteiger partial charge in [-0.05, 0) is 36.6 Å². The number of aromatic amines is 1. The maximum Gasteiger partial charge on any atom is 0.405 e. The van der Waals surface area contributed by atoms with Crippen LogP contribution in [0.5, 0.6) is 0 Å². The average molecular weight is 404 g/mol. The van der Waals surface area contributed by atoms with Crippen LogP contribution in [0.25, 0.3) is 0 Å². The third-order valence-corrected chi connectivity index (χ3v) is 4.57. The smallest absolute Gasteiger partial charge is 0.405 e. The zero-order valence-corrected chi connectivity index (χ0v) is 15.6. The van der Waals surface area contributed by atoms with Crippen LogP contribution in [0.15, 0.2) is 18.2 Å². The van der Waals surface area contributed by atoms with Crippen LogP contribution in [0.4, 0.5) is 11.4 Å². The highest BCUT2D eigenvalue weighted by atomic mass is 35.5. The molecule has 0 fully saturated rings. The van der Waals surface area contributed by atoms with Crippen LogP contribution in [0.1, 0.15) is 21.6 Å².